The number of aliphatic imine (C=N–C) groups is 1. The number of amides is 2. The van der Waals surface area contributed by atoms with E-state index in [-0.39, 0.29) is 39.7 Å². The van der Waals surface area contributed by atoms with Gasteiger partial charge < -0.3 is 9.74 Å². The maximum Gasteiger partial charge on any atom is 0.279 e. The van der Waals surface area contributed by atoms with Crippen LogP contribution in [0.5, 0.6) is 0 Å². The lowest BCUT2D eigenvalue weighted by molar-refractivity contribution is -0.133. The molecule has 1 aliphatic carbocycles. The fourth-order valence-electron chi connectivity index (χ4n) is 4.99. The van der Waals surface area contributed by atoms with E-state index >= 15 is 0 Å². The zero-order valence-electron chi connectivity index (χ0n) is 23.4. The third-order valence-corrected chi connectivity index (χ3v) is 10.7. The molecule has 1 aromatic carbocycles. The predicted molar refractivity (Wildman–Crippen MR) is 156 cm³/mol. The van der Waals surface area contributed by atoms with Crippen LogP contribution in [0, 0.1) is 0 Å². The first-order chi connectivity index (χ1) is 19.6. The van der Waals surface area contributed by atoms with E-state index in [0.717, 1.165) is 19.6 Å². The van der Waals surface area contributed by atoms with Crippen molar-refractivity contribution in [3.05, 3.63) is 47.8 Å². The molecule has 220 valence electrons. The summed E-state index contributed by atoms with van der Waals surface area (Å²) in [5, 5.41) is 11.6. The number of thioether (sulfide) groups is 1. The van der Waals surface area contributed by atoms with Crippen molar-refractivity contribution >= 4 is 44.3 Å². The van der Waals surface area contributed by atoms with Crippen molar-refractivity contribution < 1.29 is 22.8 Å². The van der Waals surface area contributed by atoms with Gasteiger partial charge in [-0.1, -0.05) is 29.1 Å². The Labute approximate surface area is 244 Å². The van der Waals surface area contributed by atoms with Crippen molar-refractivity contribution in [1.82, 2.24) is 24.9 Å². The molecular formula is C27H35N7O5S2. The molecule has 2 amide bonds. The van der Waals surface area contributed by atoms with Gasteiger partial charge in [-0.2, -0.15) is 5.10 Å². The molecule has 5 rings (SSSR count). The lowest BCUT2D eigenvalue weighted by Gasteiger charge is -2.40. The van der Waals surface area contributed by atoms with E-state index in [1.807, 2.05) is 4.90 Å². The summed E-state index contributed by atoms with van der Waals surface area (Å²) in [4.78, 5) is 39.7. The standard InChI is InChI=1S/C27H35N7O5S2/c1-18-15-33(12-13-34(18)19(2)35)16-22-14-28-27(40-22)29-26(36)25(31-39-17-21-10-11-32(3)30-21)20-4-6-23(7-5-20)41(37,38)24-8-9-24/h4-7,10-11,18,22,24H,8-9,12-17H2,1-3H3,(H,28,29,36)/t18-,22?/m0/s1. The van der Waals surface area contributed by atoms with E-state index in [0.29, 0.717) is 42.4 Å². The maximum atomic E-state index is 13.4. The number of amidine groups is 1. The number of carbonyl (C=O) groups excluding carboxylic acids is 2. The minimum Gasteiger partial charge on any atom is -0.389 e. The summed E-state index contributed by atoms with van der Waals surface area (Å²) in [5.41, 5.74) is 1.09. The Balaban J connectivity index is 1.23. The Kier molecular flexibility index (Phi) is 8.80. The molecule has 41 heavy (non-hydrogen) atoms. The second-order valence-corrected chi connectivity index (χ2v) is 14.1. The van der Waals surface area contributed by atoms with Crippen LogP contribution < -0.4 is 5.32 Å². The van der Waals surface area contributed by atoms with E-state index in [4.69, 9.17) is 4.84 Å². The number of sulfone groups is 1. The van der Waals surface area contributed by atoms with Gasteiger partial charge in [-0.15, -0.1) is 0 Å². The molecule has 1 saturated heterocycles. The molecular weight excluding hydrogens is 566 g/mol. The molecule has 0 spiro atoms. The number of nitrogens with zero attached hydrogens (tertiary/aromatic N) is 6. The van der Waals surface area contributed by atoms with Crippen LogP contribution >= 0.6 is 11.8 Å². The number of benzene rings is 1. The van der Waals surface area contributed by atoms with Crippen molar-refractivity contribution in [3.8, 4) is 0 Å². The van der Waals surface area contributed by atoms with Gasteiger partial charge in [-0.25, -0.2) is 8.42 Å². The molecule has 1 N–H and O–H groups in total. The summed E-state index contributed by atoms with van der Waals surface area (Å²) in [6.07, 6.45) is 3.13. The van der Waals surface area contributed by atoms with Crippen LogP contribution in [0.4, 0.5) is 0 Å². The first kappa shape index (κ1) is 29.3. The monoisotopic (exact) mass is 601 g/mol. The van der Waals surface area contributed by atoms with Gasteiger partial charge in [-0.05, 0) is 38.0 Å². The quantitative estimate of drug-likeness (QED) is 0.337. The number of hydrogen-bond donors (Lipinski definition) is 1. The average molecular weight is 602 g/mol. The molecule has 3 heterocycles. The fourth-order valence-corrected chi connectivity index (χ4v) is 7.70. The van der Waals surface area contributed by atoms with Crippen LogP contribution in [0.1, 0.15) is 37.9 Å². The van der Waals surface area contributed by atoms with E-state index in [1.54, 1.807) is 43.0 Å². The van der Waals surface area contributed by atoms with E-state index < -0.39 is 15.7 Å². The first-order valence-electron chi connectivity index (χ1n) is 13.6. The van der Waals surface area contributed by atoms with Crippen molar-refractivity contribution in [2.75, 3.05) is 32.7 Å². The van der Waals surface area contributed by atoms with Crippen molar-refractivity contribution in [2.24, 2.45) is 17.2 Å². The minimum absolute atomic E-state index is 0.0113. The number of aromatic nitrogens is 2. The number of oxime groups is 1. The number of nitrogens with one attached hydrogen (secondary N) is 1. The second kappa shape index (κ2) is 12.3. The number of aryl methyl sites for hydroxylation is 1. The van der Waals surface area contributed by atoms with Crippen LogP contribution in [0.3, 0.4) is 0 Å². The average Bonchev–Trinajstić information content (AvgIpc) is 3.59. The fraction of sp³-hybridized carbons (Fsp3) is 0.519. The Hall–Kier alpha value is -3.23. The summed E-state index contributed by atoms with van der Waals surface area (Å²) in [5.74, 6) is -0.402. The molecule has 0 bridgehead atoms. The Bertz CT molecular complexity index is 1450. The third-order valence-electron chi connectivity index (χ3n) is 7.29. The van der Waals surface area contributed by atoms with Gasteiger partial charge in [0.1, 0.15) is 5.69 Å². The summed E-state index contributed by atoms with van der Waals surface area (Å²) < 4.78 is 26.9. The Morgan fingerprint density at radius 1 is 1.17 bits per heavy atom. The third kappa shape index (κ3) is 7.16. The van der Waals surface area contributed by atoms with Gasteiger partial charge in [0.05, 0.1) is 16.7 Å². The van der Waals surface area contributed by atoms with Crippen molar-refractivity contribution in [3.63, 3.8) is 0 Å². The molecule has 14 heteroatoms. The SMILES string of the molecule is CC(=O)N1CCN(CC2CN=C(NC(=O)C(=NOCc3ccn(C)n3)c3ccc(S(=O)(=O)C4CC4)cc3)S2)C[C@@H]1C. The lowest BCUT2D eigenvalue weighted by atomic mass is 10.1. The Morgan fingerprint density at radius 3 is 2.56 bits per heavy atom. The number of hydrogen-bond acceptors (Lipinski definition) is 10. The predicted octanol–water partition coefficient (Wildman–Crippen LogP) is 1.42. The second-order valence-electron chi connectivity index (χ2n) is 10.6. The molecule has 2 fully saturated rings. The largest absolute Gasteiger partial charge is 0.389 e. The zero-order chi connectivity index (χ0) is 29.1. The summed E-state index contributed by atoms with van der Waals surface area (Å²) in [7, 11) is -1.56. The first-order valence-corrected chi connectivity index (χ1v) is 16.1. The smallest absolute Gasteiger partial charge is 0.279 e. The summed E-state index contributed by atoms with van der Waals surface area (Å²) in [6, 6.07) is 8.11. The van der Waals surface area contributed by atoms with Gasteiger partial charge in [0, 0.05) is 63.2 Å². The highest BCUT2D eigenvalue weighted by atomic mass is 32.2. The normalized spacial score (nSPS) is 22.0. The topological polar surface area (TPSA) is 139 Å². The minimum atomic E-state index is -3.36. The van der Waals surface area contributed by atoms with Crippen LogP contribution in [0.2, 0.25) is 0 Å². The molecule has 12 nitrogen and oxygen atoms in total. The number of rotatable bonds is 9. The highest BCUT2D eigenvalue weighted by Crippen LogP contribution is 2.33. The van der Waals surface area contributed by atoms with Crippen LogP contribution in [-0.2, 0) is 37.9 Å². The van der Waals surface area contributed by atoms with Gasteiger partial charge in [-0.3, -0.25) is 29.5 Å². The molecule has 2 aliphatic heterocycles. The molecule has 3 aliphatic rings. The van der Waals surface area contributed by atoms with Crippen LogP contribution in [-0.4, -0.2) is 100.0 Å². The molecule has 0 radical (unpaired) electrons. The van der Waals surface area contributed by atoms with Crippen LogP contribution in [0.25, 0.3) is 0 Å². The highest BCUT2D eigenvalue weighted by Gasteiger charge is 2.37. The van der Waals surface area contributed by atoms with Crippen molar-refractivity contribution in [1.29, 1.82) is 0 Å². The van der Waals surface area contributed by atoms with E-state index in [1.165, 1.54) is 23.9 Å². The number of piperazine rings is 1. The highest BCUT2D eigenvalue weighted by molar-refractivity contribution is 8.14. The van der Waals surface area contributed by atoms with Gasteiger partial charge in [0.25, 0.3) is 5.91 Å². The van der Waals surface area contributed by atoms with Crippen molar-refractivity contribution in [2.45, 2.75) is 54.7 Å². The van der Waals surface area contributed by atoms with Gasteiger partial charge in [0.2, 0.25) is 5.91 Å². The van der Waals surface area contributed by atoms with E-state index in [9.17, 15) is 18.0 Å². The van der Waals surface area contributed by atoms with Crippen LogP contribution in [0.15, 0.2) is 51.6 Å². The molecule has 1 unspecified atom stereocenters. The zero-order valence-corrected chi connectivity index (χ0v) is 25.0. The number of carbonyl (C=O) groups is 2. The van der Waals surface area contributed by atoms with Gasteiger partial charge in [0.15, 0.2) is 27.3 Å². The van der Waals surface area contributed by atoms with E-state index in [2.05, 4.69) is 32.4 Å². The summed E-state index contributed by atoms with van der Waals surface area (Å²) in [6.45, 7) is 7.41. The molecule has 1 saturated carbocycles. The molecule has 1 aromatic heterocycles. The summed E-state index contributed by atoms with van der Waals surface area (Å²) >= 11 is 1.50. The van der Waals surface area contributed by atoms with Gasteiger partial charge >= 0.3 is 0 Å². The lowest BCUT2D eigenvalue weighted by Crippen LogP contribution is -2.54. The molecule has 2 aromatic rings. The Morgan fingerprint density at radius 2 is 1.93 bits per heavy atom. The molecule has 2 atom stereocenters. The maximum absolute atomic E-state index is 13.4.